The lowest BCUT2D eigenvalue weighted by Gasteiger charge is -2.04. The molecule has 0 aliphatic carbocycles. The second kappa shape index (κ2) is 8.69. The molecule has 5 heteroatoms. The molecule has 2 aromatic rings. The van der Waals surface area contributed by atoms with E-state index >= 15 is 0 Å². The normalized spacial score (nSPS) is 12.3. The van der Waals surface area contributed by atoms with Crippen molar-refractivity contribution in [3.05, 3.63) is 70.8 Å². The number of nitrogens with zero attached hydrogens (tertiary/aromatic N) is 1. The highest BCUT2D eigenvalue weighted by molar-refractivity contribution is 5.92. The zero-order valence-corrected chi connectivity index (χ0v) is 13.4. The average molecular weight is 310 g/mol. The number of primary amides is 1. The summed E-state index contributed by atoms with van der Waals surface area (Å²) in [5.74, 6) is -0.411. The molecule has 0 aromatic heterocycles. The van der Waals surface area contributed by atoms with Crippen molar-refractivity contribution in [3.63, 3.8) is 0 Å². The third-order valence-corrected chi connectivity index (χ3v) is 3.29. The first-order valence-corrected chi connectivity index (χ1v) is 7.26. The summed E-state index contributed by atoms with van der Waals surface area (Å²) in [5, 5.41) is 8.49. The highest BCUT2D eigenvalue weighted by Crippen LogP contribution is 2.10. The molecule has 0 spiro atoms. The maximum absolute atomic E-state index is 10.7. The Bertz CT molecular complexity index is 668. The van der Waals surface area contributed by atoms with E-state index in [2.05, 4.69) is 6.07 Å². The first-order valence-electron chi connectivity index (χ1n) is 7.26. The van der Waals surface area contributed by atoms with Gasteiger partial charge in [0.15, 0.2) is 0 Å². The zero-order valence-electron chi connectivity index (χ0n) is 13.4. The minimum absolute atomic E-state index is 0.00748. The molecule has 1 amide bonds. The number of nitrogens with two attached hydrogens (primary N) is 3. The van der Waals surface area contributed by atoms with Gasteiger partial charge in [0.05, 0.1) is 11.6 Å². The summed E-state index contributed by atoms with van der Waals surface area (Å²) in [7, 11) is 0. The molecule has 0 heterocycles. The Labute approximate surface area is 136 Å². The number of amides is 1. The molecule has 120 valence electrons. The molecule has 0 bridgehead atoms. The van der Waals surface area contributed by atoms with E-state index in [0.29, 0.717) is 11.1 Å². The van der Waals surface area contributed by atoms with Crippen LogP contribution in [0.1, 0.15) is 53.0 Å². The molecule has 2 atom stereocenters. The molecule has 0 aliphatic heterocycles. The van der Waals surface area contributed by atoms with Crippen LogP contribution in [-0.4, -0.2) is 5.91 Å². The summed E-state index contributed by atoms with van der Waals surface area (Å²) in [6, 6.07) is 16.4. The smallest absolute Gasteiger partial charge is 0.248 e. The van der Waals surface area contributed by atoms with Crippen LogP contribution in [0.4, 0.5) is 0 Å². The van der Waals surface area contributed by atoms with Crippen molar-refractivity contribution in [2.24, 2.45) is 17.2 Å². The lowest BCUT2D eigenvalue weighted by molar-refractivity contribution is 0.100. The van der Waals surface area contributed by atoms with Crippen LogP contribution in [0.25, 0.3) is 0 Å². The van der Waals surface area contributed by atoms with Gasteiger partial charge in [0.2, 0.25) is 5.91 Å². The number of carbonyl (C=O) groups excluding carboxylic acids is 1. The molecule has 5 nitrogen and oxygen atoms in total. The molecule has 23 heavy (non-hydrogen) atoms. The fraction of sp³-hybridized carbons (Fsp3) is 0.222. The van der Waals surface area contributed by atoms with Crippen LogP contribution in [0, 0.1) is 11.3 Å². The predicted molar refractivity (Wildman–Crippen MR) is 91.3 cm³/mol. The van der Waals surface area contributed by atoms with E-state index in [4.69, 9.17) is 22.5 Å². The summed E-state index contributed by atoms with van der Waals surface area (Å²) in [4.78, 5) is 10.7. The van der Waals surface area contributed by atoms with Gasteiger partial charge in [-0.05, 0) is 49.2 Å². The number of hydrogen-bond donors (Lipinski definition) is 3. The second-order valence-corrected chi connectivity index (χ2v) is 5.30. The van der Waals surface area contributed by atoms with Crippen molar-refractivity contribution < 1.29 is 4.79 Å². The van der Waals surface area contributed by atoms with Crippen molar-refractivity contribution in [1.29, 1.82) is 5.26 Å². The van der Waals surface area contributed by atoms with Gasteiger partial charge >= 0.3 is 0 Å². The van der Waals surface area contributed by atoms with Gasteiger partial charge in [-0.2, -0.15) is 5.26 Å². The lowest BCUT2D eigenvalue weighted by Crippen LogP contribution is -2.11. The van der Waals surface area contributed by atoms with E-state index in [1.165, 1.54) is 0 Å². The van der Waals surface area contributed by atoms with Gasteiger partial charge in [-0.15, -0.1) is 0 Å². The molecular formula is C18H22N4O. The minimum Gasteiger partial charge on any atom is -0.366 e. The summed E-state index contributed by atoms with van der Waals surface area (Å²) in [6.45, 7) is 3.81. The van der Waals surface area contributed by atoms with Crippen molar-refractivity contribution in [1.82, 2.24) is 0 Å². The number of carbonyl (C=O) groups is 1. The van der Waals surface area contributed by atoms with Crippen LogP contribution < -0.4 is 17.2 Å². The van der Waals surface area contributed by atoms with Crippen molar-refractivity contribution in [2.45, 2.75) is 25.9 Å². The fourth-order valence-corrected chi connectivity index (χ4v) is 1.81. The maximum atomic E-state index is 10.7. The van der Waals surface area contributed by atoms with Crippen LogP contribution in [0.15, 0.2) is 48.5 Å². The molecule has 0 saturated carbocycles. The summed E-state index contributed by atoms with van der Waals surface area (Å²) >= 11 is 0. The van der Waals surface area contributed by atoms with Gasteiger partial charge in [0, 0.05) is 17.6 Å². The number of benzene rings is 2. The van der Waals surface area contributed by atoms with E-state index in [1.54, 1.807) is 24.3 Å². The largest absolute Gasteiger partial charge is 0.366 e. The standard InChI is InChI=1S/C9H12N2O.C9H10N2/c1-6(10)7-2-4-8(5-3-7)9(11)12;1-7(11)9-4-2-8(6-10)3-5-9/h2-6H,10H2,1H3,(H2,11,12);2-5,7H,11H2,1H3. The predicted octanol–water partition coefficient (Wildman–Crippen LogP) is 2.38. The lowest BCUT2D eigenvalue weighted by atomic mass is 10.1. The van der Waals surface area contributed by atoms with E-state index in [1.807, 2.05) is 38.1 Å². The fourth-order valence-electron chi connectivity index (χ4n) is 1.81. The number of hydrogen-bond acceptors (Lipinski definition) is 4. The van der Waals surface area contributed by atoms with E-state index in [9.17, 15) is 4.79 Å². The SMILES string of the molecule is CC(N)c1ccc(C#N)cc1.CC(N)c1ccc(C(N)=O)cc1. The van der Waals surface area contributed by atoms with E-state index in [-0.39, 0.29) is 12.1 Å². The molecule has 2 unspecified atom stereocenters. The van der Waals surface area contributed by atoms with Crippen LogP contribution in [-0.2, 0) is 0 Å². The monoisotopic (exact) mass is 310 g/mol. The van der Waals surface area contributed by atoms with Crippen LogP contribution in [0.5, 0.6) is 0 Å². The van der Waals surface area contributed by atoms with Gasteiger partial charge in [0.25, 0.3) is 0 Å². The Morgan fingerprint density at radius 1 is 0.913 bits per heavy atom. The Morgan fingerprint density at radius 2 is 1.30 bits per heavy atom. The van der Waals surface area contributed by atoms with Crippen molar-refractivity contribution in [2.75, 3.05) is 0 Å². The molecule has 0 aliphatic rings. The molecule has 2 aromatic carbocycles. The quantitative estimate of drug-likeness (QED) is 0.806. The van der Waals surface area contributed by atoms with Crippen LogP contribution in [0.3, 0.4) is 0 Å². The molecular weight excluding hydrogens is 288 g/mol. The van der Waals surface area contributed by atoms with Crippen LogP contribution >= 0.6 is 0 Å². The van der Waals surface area contributed by atoms with Crippen molar-refractivity contribution >= 4 is 5.91 Å². The van der Waals surface area contributed by atoms with Crippen molar-refractivity contribution in [3.8, 4) is 6.07 Å². The van der Waals surface area contributed by atoms with E-state index < -0.39 is 5.91 Å². The topological polar surface area (TPSA) is 119 Å². The Kier molecular flexibility index (Phi) is 6.94. The van der Waals surface area contributed by atoms with Gasteiger partial charge in [-0.1, -0.05) is 24.3 Å². The number of rotatable bonds is 3. The highest BCUT2D eigenvalue weighted by atomic mass is 16.1. The minimum atomic E-state index is -0.411. The Hall–Kier alpha value is -2.68. The molecule has 0 fully saturated rings. The zero-order chi connectivity index (χ0) is 17.4. The summed E-state index contributed by atoms with van der Waals surface area (Å²) < 4.78 is 0. The second-order valence-electron chi connectivity index (χ2n) is 5.30. The van der Waals surface area contributed by atoms with Gasteiger partial charge < -0.3 is 17.2 Å². The van der Waals surface area contributed by atoms with E-state index in [0.717, 1.165) is 11.1 Å². The summed E-state index contributed by atoms with van der Waals surface area (Å²) in [6.07, 6.45) is 0. The van der Waals surface area contributed by atoms with Gasteiger partial charge in [-0.3, -0.25) is 4.79 Å². The molecule has 0 saturated heterocycles. The molecule has 0 radical (unpaired) electrons. The number of nitriles is 1. The third-order valence-electron chi connectivity index (χ3n) is 3.29. The molecule has 6 N–H and O–H groups in total. The summed E-state index contributed by atoms with van der Waals surface area (Å²) in [5.41, 5.74) is 19.6. The Morgan fingerprint density at radius 3 is 1.61 bits per heavy atom. The highest BCUT2D eigenvalue weighted by Gasteiger charge is 2.01. The first-order chi connectivity index (χ1) is 10.8. The Balaban J connectivity index is 0.000000231. The maximum Gasteiger partial charge on any atom is 0.248 e. The first kappa shape index (κ1) is 18.4. The third kappa shape index (κ3) is 5.91. The van der Waals surface area contributed by atoms with Gasteiger partial charge in [-0.25, -0.2) is 0 Å². The van der Waals surface area contributed by atoms with Gasteiger partial charge in [0.1, 0.15) is 0 Å². The molecule has 2 rings (SSSR count). The van der Waals surface area contributed by atoms with Crippen LogP contribution in [0.2, 0.25) is 0 Å². The average Bonchev–Trinajstić information content (AvgIpc) is 2.55.